The highest BCUT2D eigenvalue weighted by molar-refractivity contribution is 5.99. The van der Waals surface area contributed by atoms with Crippen molar-refractivity contribution in [3.05, 3.63) is 48.0 Å². The number of carbonyl (C=O) groups is 1. The Morgan fingerprint density at radius 1 is 1.05 bits per heavy atom. The van der Waals surface area contributed by atoms with Crippen LogP contribution in [0.5, 0.6) is 11.5 Å². The van der Waals surface area contributed by atoms with Crippen LogP contribution in [0.1, 0.15) is 0 Å². The van der Waals surface area contributed by atoms with Gasteiger partial charge in [-0.2, -0.15) is 0 Å². The van der Waals surface area contributed by atoms with Crippen LogP contribution >= 0.6 is 0 Å². The Balaban J connectivity index is 2.07. The zero-order valence-corrected chi connectivity index (χ0v) is 11.0. The molecule has 0 saturated carbocycles. The summed E-state index contributed by atoms with van der Waals surface area (Å²) in [7, 11) is 1.14. The summed E-state index contributed by atoms with van der Waals surface area (Å²) in [6.45, 7) is 0. The van der Waals surface area contributed by atoms with Crippen LogP contribution in [-0.4, -0.2) is 18.2 Å². The topological polar surface area (TPSA) is 70.6 Å². The monoisotopic (exact) mass is 294 g/mol. The van der Waals surface area contributed by atoms with Crippen molar-refractivity contribution in [1.29, 1.82) is 0 Å². The quantitative estimate of drug-likeness (QED) is 0.760. The number of benzene rings is 2. The first-order valence-electron chi connectivity index (χ1n) is 5.89. The van der Waals surface area contributed by atoms with E-state index in [0.717, 1.165) is 19.2 Å². The number of rotatable bonds is 3. The lowest BCUT2D eigenvalue weighted by Crippen LogP contribution is -2.19. The molecule has 0 heterocycles. The number of halogens is 2. The fraction of sp³-hybridized carbons (Fsp3) is 0.0714. The molecule has 3 N–H and O–H groups in total. The molecule has 21 heavy (non-hydrogen) atoms. The average molecular weight is 294 g/mol. The van der Waals surface area contributed by atoms with Crippen LogP contribution < -0.4 is 15.4 Å². The van der Waals surface area contributed by atoms with Crippen LogP contribution in [0.25, 0.3) is 0 Å². The fourth-order valence-corrected chi connectivity index (χ4v) is 1.67. The molecule has 2 rings (SSSR count). The standard InChI is InChI=1S/C14H12F2N2O3/c1-21-13-11(15)6-9(7-12(13)16)18-14(20)17-8-2-4-10(19)5-3-8/h2-7,19H,1H3,(H2,17,18,20). The molecule has 0 unspecified atom stereocenters. The first kappa shape index (κ1) is 14.6. The number of hydrogen-bond donors (Lipinski definition) is 3. The third-order valence-corrected chi connectivity index (χ3v) is 2.59. The number of hydrogen-bond acceptors (Lipinski definition) is 3. The summed E-state index contributed by atoms with van der Waals surface area (Å²) in [4.78, 5) is 11.7. The molecule has 0 spiro atoms. The maximum Gasteiger partial charge on any atom is 0.323 e. The molecule has 2 amide bonds. The Bertz CT molecular complexity index is 637. The molecule has 7 heteroatoms. The van der Waals surface area contributed by atoms with Crippen molar-refractivity contribution in [2.75, 3.05) is 17.7 Å². The van der Waals surface area contributed by atoms with Gasteiger partial charge in [0, 0.05) is 23.5 Å². The van der Waals surface area contributed by atoms with Crippen LogP contribution in [0, 0.1) is 11.6 Å². The van der Waals surface area contributed by atoms with Crippen LogP contribution in [0.4, 0.5) is 25.0 Å². The highest BCUT2D eigenvalue weighted by Gasteiger charge is 2.13. The van der Waals surface area contributed by atoms with Gasteiger partial charge in [0.2, 0.25) is 0 Å². The second-order valence-electron chi connectivity index (χ2n) is 4.10. The Kier molecular flexibility index (Phi) is 4.22. The molecule has 0 fully saturated rings. The average Bonchev–Trinajstić information content (AvgIpc) is 2.41. The van der Waals surface area contributed by atoms with E-state index in [1.807, 2.05) is 0 Å². The fourth-order valence-electron chi connectivity index (χ4n) is 1.67. The van der Waals surface area contributed by atoms with Crippen molar-refractivity contribution in [2.45, 2.75) is 0 Å². The molecule has 0 aromatic heterocycles. The van der Waals surface area contributed by atoms with E-state index < -0.39 is 23.4 Å². The number of phenols is 1. The van der Waals surface area contributed by atoms with E-state index in [4.69, 9.17) is 5.11 Å². The van der Waals surface area contributed by atoms with Crippen molar-refractivity contribution < 1.29 is 23.4 Å². The molecular weight excluding hydrogens is 282 g/mol. The maximum absolute atomic E-state index is 13.5. The molecule has 2 aromatic rings. The second-order valence-corrected chi connectivity index (χ2v) is 4.10. The number of nitrogens with one attached hydrogen (secondary N) is 2. The minimum Gasteiger partial charge on any atom is -0.508 e. The van der Waals surface area contributed by atoms with Crippen LogP contribution in [0.15, 0.2) is 36.4 Å². The van der Waals surface area contributed by atoms with Crippen LogP contribution in [0.2, 0.25) is 0 Å². The van der Waals surface area contributed by atoms with Gasteiger partial charge in [-0.1, -0.05) is 0 Å². The first-order chi connectivity index (χ1) is 9.99. The Morgan fingerprint density at radius 2 is 1.57 bits per heavy atom. The molecule has 5 nitrogen and oxygen atoms in total. The summed E-state index contributed by atoms with van der Waals surface area (Å²) < 4.78 is 31.5. The number of amides is 2. The molecule has 0 aliphatic heterocycles. The summed E-state index contributed by atoms with van der Waals surface area (Å²) in [5, 5.41) is 13.9. The number of aromatic hydroxyl groups is 1. The maximum atomic E-state index is 13.5. The third-order valence-electron chi connectivity index (χ3n) is 2.59. The Morgan fingerprint density at radius 3 is 2.10 bits per heavy atom. The van der Waals surface area contributed by atoms with E-state index >= 15 is 0 Å². The van der Waals surface area contributed by atoms with Crippen LogP contribution in [0.3, 0.4) is 0 Å². The number of urea groups is 1. The van der Waals surface area contributed by atoms with E-state index in [1.54, 1.807) is 0 Å². The van der Waals surface area contributed by atoms with Gasteiger partial charge in [0.1, 0.15) is 5.75 Å². The van der Waals surface area contributed by atoms with Gasteiger partial charge < -0.3 is 20.5 Å². The van der Waals surface area contributed by atoms with Crippen LogP contribution in [-0.2, 0) is 0 Å². The SMILES string of the molecule is COc1c(F)cc(NC(=O)Nc2ccc(O)cc2)cc1F. The van der Waals surface area contributed by atoms with Crippen molar-refractivity contribution in [3.63, 3.8) is 0 Å². The third kappa shape index (κ3) is 3.59. The molecule has 0 aliphatic carbocycles. The summed E-state index contributed by atoms with van der Waals surface area (Å²) in [5.41, 5.74) is 0.363. The van der Waals surface area contributed by atoms with Gasteiger partial charge in [-0.3, -0.25) is 0 Å². The lowest BCUT2D eigenvalue weighted by Gasteiger charge is -2.10. The van der Waals surface area contributed by atoms with E-state index in [2.05, 4.69) is 15.4 Å². The van der Waals surface area contributed by atoms with Gasteiger partial charge in [-0.05, 0) is 24.3 Å². The van der Waals surface area contributed by atoms with E-state index in [1.165, 1.54) is 24.3 Å². The minimum atomic E-state index is -0.919. The molecule has 110 valence electrons. The summed E-state index contributed by atoms with van der Waals surface area (Å²) in [5.74, 6) is -2.30. The Labute approximate surface area is 119 Å². The largest absolute Gasteiger partial charge is 0.508 e. The molecule has 0 bridgehead atoms. The highest BCUT2D eigenvalue weighted by atomic mass is 19.1. The first-order valence-corrected chi connectivity index (χ1v) is 5.89. The van der Waals surface area contributed by atoms with Gasteiger partial charge in [-0.25, -0.2) is 13.6 Å². The predicted molar refractivity (Wildman–Crippen MR) is 73.7 cm³/mol. The van der Waals surface area contributed by atoms with Gasteiger partial charge >= 0.3 is 6.03 Å². The van der Waals surface area contributed by atoms with Gasteiger partial charge in [0.15, 0.2) is 17.4 Å². The van der Waals surface area contributed by atoms with E-state index in [9.17, 15) is 13.6 Å². The number of methoxy groups -OCH3 is 1. The molecule has 0 saturated heterocycles. The normalized spacial score (nSPS) is 10.0. The number of anilines is 2. The number of carbonyl (C=O) groups excluding carboxylic acids is 1. The van der Waals surface area contributed by atoms with Gasteiger partial charge in [0.25, 0.3) is 0 Å². The zero-order chi connectivity index (χ0) is 15.4. The second kappa shape index (κ2) is 6.08. The lowest BCUT2D eigenvalue weighted by atomic mass is 10.2. The lowest BCUT2D eigenvalue weighted by molar-refractivity contribution is 0.262. The van der Waals surface area contributed by atoms with Crippen molar-refractivity contribution in [1.82, 2.24) is 0 Å². The summed E-state index contributed by atoms with van der Waals surface area (Å²) >= 11 is 0. The van der Waals surface area contributed by atoms with E-state index in [0.29, 0.717) is 5.69 Å². The molecule has 0 aliphatic rings. The Hall–Kier alpha value is -2.83. The van der Waals surface area contributed by atoms with Crippen molar-refractivity contribution in [3.8, 4) is 11.5 Å². The molecular formula is C14H12F2N2O3. The highest BCUT2D eigenvalue weighted by Crippen LogP contribution is 2.25. The smallest absolute Gasteiger partial charge is 0.323 e. The molecule has 0 atom stereocenters. The predicted octanol–water partition coefficient (Wildman–Crippen LogP) is 3.32. The van der Waals surface area contributed by atoms with Gasteiger partial charge in [0.05, 0.1) is 7.11 Å². The number of ether oxygens (including phenoxy) is 1. The summed E-state index contributed by atoms with van der Waals surface area (Å²) in [6, 6.07) is 6.94. The van der Waals surface area contributed by atoms with Gasteiger partial charge in [-0.15, -0.1) is 0 Å². The minimum absolute atomic E-state index is 0.0536. The summed E-state index contributed by atoms with van der Waals surface area (Å²) in [6.07, 6.45) is 0. The van der Waals surface area contributed by atoms with Crippen molar-refractivity contribution >= 4 is 17.4 Å². The van der Waals surface area contributed by atoms with E-state index in [-0.39, 0.29) is 11.4 Å². The number of phenolic OH excluding ortho intramolecular Hbond substituents is 1. The van der Waals surface area contributed by atoms with Crippen molar-refractivity contribution in [2.24, 2.45) is 0 Å². The zero-order valence-electron chi connectivity index (χ0n) is 11.0. The molecule has 2 aromatic carbocycles. The molecule has 0 radical (unpaired) electrons.